The Labute approximate surface area is 175 Å². The molecular formula is C21H26ClN5O2. The number of imidazole rings is 1. The lowest BCUT2D eigenvalue weighted by molar-refractivity contribution is 0.0735. The van der Waals surface area contributed by atoms with E-state index < -0.39 is 0 Å². The molecule has 0 unspecified atom stereocenters. The smallest absolute Gasteiger partial charge is 0.274 e. The highest BCUT2D eigenvalue weighted by atomic mass is 35.5. The third-order valence-corrected chi connectivity index (χ3v) is 5.59. The van der Waals surface area contributed by atoms with Gasteiger partial charge in [-0.2, -0.15) is 0 Å². The quantitative estimate of drug-likeness (QED) is 0.629. The van der Waals surface area contributed by atoms with E-state index in [1.54, 1.807) is 12.3 Å². The zero-order valence-electron chi connectivity index (χ0n) is 16.7. The van der Waals surface area contributed by atoms with E-state index in [9.17, 15) is 4.79 Å². The van der Waals surface area contributed by atoms with Crippen LogP contribution < -0.4 is 0 Å². The monoisotopic (exact) mass is 415 g/mol. The average Bonchev–Trinajstić information content (AvgIpc) is 3.29. The van der Waals surface area contributed by atoms with Crippen LogP contribution in [-0.2, 0) is 13.1 Å². The summed E-state index contributed by atoms with van der Waals surface area (Å²) in [6, 6.07) is 5.50. The summed E-state index contributed by atoms with van der Waals surface area (Å²) in [6.07, 6.45) is 9.10. The summed E-state index contributed by atoms with van der Waals surface area (Å²) in [7, 11) is 1.99. The maximum absolute atomic E-state index is 13.4. The Bertz CT molecular complexity index is 961. The molecule has 1 saturated heterocycles. The number of carbonyl (C=O) groups excluding carboxylic acids is 1. The zero-order chi connectivity index (χ0) is 20.2. The first kappa shape index (κ1) is 19.9. The van der Waals surface area contributed by atoms with Crippen LogP contribution in [0.4, 0.5) is 0 Å². The van der Waals surface area contributed by atoms with Gasteiger partial charge in [0.15, 0.2) is 5.69 Å². The van der Waals surface area contributed by atoms with Crippen molar-refractivity contribution < 1.29 is 9.32 Å². The van der Waals surface area contributed by atoms with Crippen LogP contribution in [0.15, 0.2) is 35.2 Å². The van der Waals surface area contributed by atoms with Gasteiger partial charge in [-0.15, -0.1) is 0 Å². The molecule has 0 radical (unpaired) electrons. The number of hydrogen-bond acceptors (Lipinski definition) is 5. The fraction of sp³-hybridized carbons (Fsp3) is 0.476. The van der Waals surface area contributed by atoms with Gasteiger partial charge in [0.05, 0.1) is 16.4 Å². The maximum Gasteiger partial charge on any atom is 0.274 e. The second-order valence-electron chi connectivity index (χ2n) is 7.71. The number of rotatable bonds is 5. The number of aromatic nitrogens is 3. The predicted molar refractivity (Wildman–Crippen MR) is 111 cm³/mol. The van der Waals surface area contributed by atoms with Crippen molar-refractivity contribution in [2.24, 2.45) is 0 Å². The molecule has 0 saturated carbocycles. The third kappa shape index (κ3) is 4.62. The average molecular weight is 416 g/mol. The van der Waals surface area contributed by atoms with Crippen molar-refractivity contribution in [3.63, 3.8) is 0 Å². The number of nitrogens with zero attached hydrogens (tertiary/aromatic N) is 5. The van der Waals surface area contributed by atoms with Crippen LogP contribution in [0.3, 0.4) is 0 Å². The van der Waals surface area contributed by atoms with E-state index in [0.717, 1.165) is 43.0 Å². The first-order valence-electron chi connectivity index (χ1n) is 10.2. The summed E-state index contributed by atoms with van der Waals surface area (Å²) in [5.74, 6) is 0.0107. The molecule has 154 valence electrons. The van der Waals surface area contributed by atoms with E-state index in [0.29, 0.717) is 23.8 Å². The molecule has 1 amide bonds. The largest absolute Gasteiger partial charge is 0.364 e. The van der Waals surface area contributed by atoms with Crippen LogP contribution >= 0.6 is 11.6 Å². The number of pyridine rings is 1. The minimum atomic E-state index is 0.0107. The Morgan fingerprint density at radius 1 is 1.14 bits per heavy atom. The van der Waals surface area contributed by atoms with Crippen molar-refractivity contribution in [3.05, 3.63) is 52.8 Å². The zero-order valence-corrected chi connectivity index (χ0v) is 17.4. The first-order valence-corrected chi connectivity index (χ1v) is 10.5. The molecule has 4 rings (SSSR count). The topological polar surface area (TPSA) is 66.9 Å². The van der Waals surface area contributed by atoms with Gasteiger partial charge < -0.3 is 13.8 Å². The van der Waals surface area contributed by atoms with Gasteiger partial charge in [-0.1, -0.05) is 36.0 Å². The Morgan fingerprint density at radius 3 is 2.62 bits per heavy atom. The highest BCUT2D eigenvalue weighted by Gasteiger charge is 2.25. The molecule has 1 aliphatic rings. The van der Waals surface area contributed by atoms with Gasteiger partial charge in [-0.3, -0.25) is 9.69 Å². The lowest BCUT2D eigenvalue weighted by Crippen LogP contribution is -2.35. The number of carbonyl (C=O) groups is 1. The van der Waals surface area contributed by atoms with Crippen LogP contribution in [0, 0.1) is 0 Å². The first-order chi connectivity index (χ1) is 14.1. The number of likely N-dealkylation sites (tertiary alicyclic amines) is 1. The summed E-state index contributed by atoms with van der Waals surface area (Å²) in [5.41, 5.74) is 2.94. The Kier molecular flexibility index (Phi) is 6.16. The van der Waals surface area contributed by atoms with E-state index in [-0.39, 0.29) is 5.91 Å². The summed E-state index contributed by atoms with van der Waals surface area (Å²) >= 11 is 6.24. The molecule has 0 N–H and O–H groups in total. The fourth-order valence-electron chi connectivity index (χ4n) is 3.90. The van der Waals surface area contributed by atoms with Gasteiger partial charge in [0, 0.05) is 38.4 Å². The lowest BCUT2D eigenvalue weighted by atomic mass is 10.1. The number of amides is 1. The molecule has 0 bridgehead atoms. The molecule has 0 atom stereocenters. The molecule has 7 nitrogen and oxygen atoms in total. The summed E-state index contributed by atoms with van der Waals surface area (Å²) < 4.78 is 6.86. The van der Waals surface area contributed by atoms with E-state index in [2.05, 4.69) is 15.0 Å². The molecule has 29 heavy (non-hydrogen) atoms. The lowest BCUT2D eigenvalue weighted by Gasteiger charge is -2.25. The van der Waals surface area contributed by atoms with E-state index in [1.165, 1.54) is 19.3 Å². The minimum absolute atomic E-state index is 0.0107. The van der Waals surface area contributed by atoms with Gasteiger partial charge in [0.2, 0.25) is 0 Å². The molecule has 3 aromatic heterocycles. The standard InChI is InChI=1S/C21H26ClN5O2/c1-25(14-17-9-12-29-24-17)15-18-20(23-19-8-7-16(22)13-27(18)19)21(28)26-10-5-3-2-4-6-11-26/h7-9,12-13H,2-6,10-11,14-15H2,1H3. The Hall–Kier alpha value is -2.38. The van der Waals surface area contributed by atoms with Crippen LogP contribution in [0.25, 0.3) is 5.65 Å². The number of halogens is 1. The number of fused-ring (bicyclic) bond motifs is 1. The van der Waals surface area contributed by atoms with Gasteiger partial charge in [-0.25, -0.2) is 4.98 Å². The summed E-state index contributed by atoms with van der Waals surface area (Å²) in [4.78, 5) is 22.1. The van der Waals surface area contributed by atoms with Crippen molar-refractivity contribution in [2.75, 3.05) is 20.1 Å². The molecule has 3 aromatic rings. The number of hydrogen-bond donors (Lipinski definition) is 0. The van der Waals surface area contributed by atoms with Gasteiger partial charge in [-0.05, 0) is 32.0 Å². The van der Waals surface area contributed by atoms with Crippen molar-refractivity contribution >= 4 is 23.2 Å². The van der Waals surface area contributed by atoms with Crippen molar-refractivity contribution in [3.8, 4) is 0 Å². The van der Waals surface area contributed by atoms with Crippen molar-refractivity contribution in [1.82, 2.24) is 24.3 Å². The van der Waals surface area contributed by atoms with Crippen LogP contribution in [0.5, 0.6) is 0 Å². The van der Waals surface area contributed by atoms with Gasteiger partial charge in [0.1, 0.15) is 11.9 Å². The fourth-order valence-corrected chi connectivity index (χ4v) is 4.06. The SMILES string of the molecule is CN(Cc1ccon1)Cc1c(C(=O)N2CCCCCCC2)nc2ccc(Cl)cn12. The molecule has 8 heteroatoms. The Morgan fingerprint density at radius 2 is 1.90 bits per heavy atom. The molecular weight excluding hydrogens is 390 g/mol. The molecule has 0 spiro atoms. The van der Waals surface area contributed by atoms with Crippen LogP contribution in [-0.4, -0.2) is 50.4 Å². The van der Waals surface area contributed by atoms with Crippen molar-refractivity contribution in [2.45, 2.75) is 45.2 Å². The van der Waals surface area contributed by atoms with E-state index in [4.69, 9.17) is 16.1 Å². The van der Waals surface area contributed by atoms with E-state index in [1.807, 2.05) is 34.7 Å². The normalized spacial score (nSPS) is 15.6. The molecule has 0 aromatic carbocycles. The maximum atomic E-state index is 13.4. The summed E-state index contributed by atoms with van der Waals surface area (Å²) in [6.45, 7) is 2.74. The predicted octanol–water partition coefficient (Wildman–Crippen LogP) is 4.01. The molecule has 1 aliphatic heterocycles. The van der Waals surface area contributed by atoms with E-state index >= 15 is 0 Å². The Balaban J connectivity index is 1.65. The van der Waals surface area contributed by atoms with Crippen LogP contribution in [0.2, 0.25) is 5.02 Å². The van der Waals surface area contributed by atoms with Gasteiger partial charge in [0.25, 0.3) is 5.91 Å². The molecule has 4 heterocycles. The highest BCUT2D eigenvalue weighted by molar-refractivity contribution is 6.30. The van der Waals surface area contributed by atoms with Crippen molar-refractivity contribution in [1.29, 1.82) is 0 Å². The highest BCUT2D eigenvalue weighted by Crippen LogP contribution is 2.21. The third-order valence-electron chi connectivity index (χ3n) is 5.37. The van der Waals surface area contributed by atoms with Gasteiger partial charge >= 0.3 is 0 Å². The second-order valence-corrected chi connectivity index (χ2v) is 8.14. The molecule has 0 aliphatic carbocycles. The second kappa shape index (κ2) is 8.97. The van der Waals surface area contributed by atoms with Crippen LogP contribution in [0.1, 0.15) is 54.0 Å². The summed E-state index contributed by atoms with van der Waals surface area (Å²) in [5, 5.41) is 4.59. The minimum Gasteiger partial charge on any atom is -0.364 e. The molecule has 1 fully saturated rings.